The Morgan fingerprint density at radius 2 is 1.78 bits per heavy atom. The summed E-state index contributed by atoms with van der Waals surface area (Å²) in [7, 11) is 3.20. The quantitative estimate of drug-likeness (QED) is 0.267. The number of nitrogens with one attached hydrogen (secondary N) is 4. The van der Waals surface area contributed by atoms with Crippen LogP contribution < -0.4 is 21.4 Å². The molecule has 1 aliphatic carbocycles. The van der Waals surface area contributed by atoms with Gasteiger partial charge in [0.1, 0.15) is 11.6 Å². The number of methoxy groups -OCH3 is 1. The van der Waals surface area contributed by atoms with E-state index in [-0.39, 0.29) is 30.4 Å². The lowest BCUT2D eigenvalue weighted by Crippen LogP contribution is -2.50. The first-order valence-electron chi connectivity index (χ1n) is 13.1. The maximum absolute atomic E-state index is 13.0. The molecule has 12 heteroatoms. The summed E-state index contributed by atoms with van der Waals surface area (Å²) in [6, 6.07) is -1.59. The molecule has 0 radical (unpaired) electrons. The number of carbonyl (C=O) groups excluding carboxylic acids is 4. The van der Waals surface area contributed by atoms with Crippen molar-refractivity contribution in [2.45, 2.75) is 90.0 Å². The third-order valence-electron chi connectivity index (χ3n) is 6.73. The first kappa shape index (κ1) is 30.3. The molecule has 37 heavy (non-hydrogen) atoms. The van der Waals surface area contributed by atoms with Crippen LogP contribution in [0.15, 0.2) is 5.10 Å². The Labute approximate surface area is 219 Å². The van der Waals surface area contributed by atoms with Gasteiger partial charge in [-0.2, -0.15) is 5.10 Å². The highest BCUT2D eigenvalue weighted by Gasteiger charge is 2.42. The van der Waals surface area contributed by atoms with E-state index >= 15 is 0 Å². The maximum atomic E-state index is 13.0. The van der Waals surface area contributed by atoms with Gasteiger partial charge in [0, 0.05) is 39.3 Å². The van der Waals surface area contributed by atoms with Gasteiger partial charge in [0.05, 0.1) is 18.7 Å². The minimum atomic E-state index is -0.725. The average Bonchev–Trinajstić information content (AvgIpc) is 3.31. The predicted molar refractivity (Wildman–Crippen MR) is 139 cm³/mol. The van der Waals surface area contributed by atoms with Crippen LogP contribution in [-0.4, -0.2) is 86.1 Å². The van der Waals surface area contributed by atoms with E-state index in [0.717, 1.165) is 25.7 Å². The molecule has 0 bridgehead atoms. The zero-order valence-corrected chi connectivity index (χ0v) is 23.0. The van der Waals surface area contributed by atoms with E-state index in [1.807, 2.05) is 6.92 Å². The number of hydrogen-bond acceptors (Lipinski definition) is 7. The lowest BCUT2D eigenvalue weighted by Gasteiger charge is -2.28. The van der Waals surface area contributed by atoms with Gasteiger partial charge in [-0.15, -0.1) is 0 Å². The molecule has 3 atom stereocenters. The average molecular weight is 525 g/mol. The molecule has 1 saturated heterocycles. The molecular weight excluding hydrogens is 480 g/mol. The van der Waals surface area contributed by atoms with Gasteiger partial charge in [-0.1, -0.05) is 6.92 Å². The Balaban J connectivity index is 1.80. The second kappa shape index (κ2) is 14.2. The van der Waals surface area contributed by atoms with Crippen LogP contribution in [0.4, 0.5) is 9.59 Å². The number of likely N-dealkylation sites (tertiary alicyclic amines) is 1. The van der Waals surface area contributed by atoms with Gasteiger partial charge >= 0.3 is 12.1 Å². The smallest absolute Gasteiger partial charge is 0.411 e. The number of urea groups is 1. The van der Waals surface area contributed by atoms with Gasteiger partial charge in [-0.05, 0) is 58.8 Å². The molecule has 0 aromatic rings. The van der Waals surface area contributed by atoms with Crippen molar-refractivity contribution in [2.75, 3.05) is 27.2 Å². The molecule has 4 N–H and O–H groups in total. The minimum absolute atomic E-state index is 0.0571. The SMILES string of the molecule is CC[C@@H](/C=N/NC(=O)NCC1CCC(C(=O)NC)CC1)NC(=O)[C@@H]1C[C@@H](OC)CN1C(=O)OC(C)(C)C. The maximum Gasteiger partial charge on any atom is 0.411 e. The highest BCUT2D eigenvalue weighted by atomic mass is 16.6. The fraction of sp³-hybridized carbons (Fsp3) is 0.800. The van der Waals surface area contributed by atoms with Gasteiger partial charge in [-0.3, -0.25) is 14.5 Å². The number of hydrogen-bond donors (Lipinski definition) is 4. The number of hydrazone groups is 1. The molecule has 12 nitrogen and oxygen atoms in total. The van der Waals surface area contributed by atoms with Crippen molar-refractivity contribution in [3.05, 3.63) is 0 Å². The van der Waals surface area contributed by atoms with E-state index in [4.69, 9.17) is 9.47 Å². The van der Waals surface area contributed by atoms with E-state index in [1.54, 1.807) is 34.9 Å². The van der Waals surface area contributed by atoms with Crippen molar-refractivity contribution < 1.29 is 28.7 Å². The number of ether oxygens (including phenoxy) is 2. The molecule has 5 amide bonds. The summed E-state index contributed by atoms with van der Waals surface area (Å²) >= 11 is 0. The molecule has 1 saturated carbocycles. The third-order valence-corrected chi connectivity index (χ3v) is 6.73. The molecule has 2 rings (SSSR count). The van der Waals surface area contributed by atoms with Crippen LogP contribution in [0, 0.1) is 11.8 Å². The van der Waals surface area contributed by atoms with Crippen molar-refractivity contribution in [1.82, 2.24) is 26.3 Å². The summed E-state index contributed by atoms with van der Waals surface area (Å²) in [6.45, 7) is 7.98. The zero-order chi connectivity index (χ0) is 27.6. The second-order valence-corrected chi connectivity index (χ2v) is 10.7. The van der Waals surface area contributed by atoms with Crippen LogP contribution in [0.1, 0.15) is 66.2 Å². The van der Waals surface area contributed by atoms with E-state index in [2.05, 4.69) is 26.5 Å². The molecule has 0 aromatic heterocycles. The molecule has 2 fully saturated rings. The second-order valence-electron chi connectivity index (χ2n) is 10.7. The highest BCUT2D eigenvalue weighted by Crippen LogP contribution is 2.28. The van der Waals surface area contributed by atoms with Crippen LogP contribution in [0.3, 0.4) is 0 Å². The van der Waals surface area contributed by atoms with Gasteiger partial charge in [-0.25, -0.2) is 15.0 Å². The first-order valence-corrected chi connectivity index (χ1v) is 13.1. The summed E-state index contributed by atoms with van der Waals surface area (Å²) in [5.41, 5.74) is 1.75. The Morgan fingerprint density at radius 3 is 2.35 bits per heavy atom. The summed E-state index contributed by atoms with van der Waals surface area (Å²) < 4.78 is 10.8. The van der Waals surface area contributed by atoms with Crippen molar-refractivity contribution in [3.63, 3.8) is 0 Å². The topological polar surface area (TPSA) is 150 Å². The van der Waals surface area contributed by atoms with Crippen LogP contribution in [0.2, 0.25) is 0 Å². The Bertz CT molecular complexity index is 821. The fourth-order valence-corrected chi connectivity index (χ4v) is 4.56. The highest BCUT2D eigenvalue weighted by molar-refractivity contribution is 5.88. The number of amides is 5. The van der Waals surface area contributed by atoms with Gasteiger partial charge in [0.2, 0.25) is 11.8 Å². The fourth-order valence-electron chi connectivity index (χ4n) is 4.56. The van der Waals surface area contributed by atoms with E-state index in [1.165, 1.54) is 11.1 Å². The Hall–Kier alpha value is -2.89. The monoisotopic (exact) mass is 524 g/mol. The van der Waals surface area contributed by atoms with E-state index in [0.29, 0.717) is 25.3 Å². The van der Waals surface area contributed by atoms with Crippen molar-refractivity contribution in [3.8, 4) is 0 Å². The molecule has 0 unspecified atom stereocenters. The normalized spacial score (nSPS) is 24.9. The van der Waals surface area contributed by atoms with Crippen LogP contribution in [-0.2, 0) is 19.1 Å². The van der Waals surface area contributed by atoms with Crippen molar-refractivity contribution in [1.29, 1.82) is 0 Å². The lowest BCUT2D eigenvalue weighted by molar-refractivity contribution is -0.126. The number of nitrogens with zero attached hydrogens (tertiary/aromatic N) is 2. The molecule has 0 aromatic carbocycles. The number of rotatable bonds is 9. The molecule has 210 valence electrons. The zero-order valence-electron chi connectivity index (χ0n) is 23.0. The first-order chi connectivity index (χ1) is 17.5. The summed E-state index contributed by atoms with van der Waals surface area (Å²) in [4.78, 5) is 50.9. The van der Waals surface area contributed by atoms with Gasteiger partial charge in [0.25, 0.3) is 0 Å². The van der Waals surface area contributed by atoms with Gasteiger partial charge in [0.15, 0.2) is 0 Å². The summed E-state index contributed by atoms with van der Waals surface area (Å²) in [6.07, 6.45) is 4.96. The van der Waals surface area contributed by atoms with Gasteiger partial charge < -0.3 is 25.4 Å². The third kappa shape index (κ3) is 9.83. The molecule has 0 spiro atoms. The van der Waals surface area contributed by atoms with Crippen molar-refractivity contribution in [2.24, 2.45) is 16.9 Å². The van der Waals surface area contributed by atoms with Crippen LogP contribution >= 0.6 is 0 Å². The van der Waals surface area contributed by atoms with E-state index < -0.39 is 29.8 Å². The van der Waals surface area contributed by atoms with Crippen LogP contribution in [0.25, 0.3) is 0 Å². The molecule has 1 heterocycles. The van der Waals surface area contributed by atoms with E-state index in [9.17, 15) is 19.2 Å². The largest absolute Gasteiger partial charge is 0.444 e. The lowest BCUT2D eigenvalue weighted by atomic mass is 9.81. The summed E-state index contributed by atoms with van der Waals surface area (Å²) in [5.74, 6) is 0.135. The number of carbonyl (C=O) groups is 4. The molecular formula is C25H44N6O6. The van der Waals surface area contributed by atoms with Crippen molar-refractivity contribution >= 4 is 30.2 Å². The summed E-state index contributed by atoms with van der Waals surface area (Å²) in [5, 5.41) is 12.4. The predicted octanol–water partition coefficient (Wildman–Crippen LogP) is 1.74. The Kier molecular flexibility index (Phi) is 11.6. The minimum Gasteiger partial charge on any atom is -0.444 e. The van der Waals surface area contributed by atoms with Crippen LogP contribution in [0.5, 0.6) is 0 Å². The standard InChI is InChI=1S/C25H44N6O6/c1-7-18(14-28-30-23(34)27-13-16-8-10-17(11-9-16)21(32)26-5)29-22(33)20-12-19(36-6)15-31(20)24(35)37-25(2,3)4/h14,16-20H,7-13,15H2,1-6H3,(H,26,32)(H,29,33)(H2,27,30,34)/b28-14+/t16?,17?,18-,19+,20-/m0/s1. The molecule has 1 aliphatic heterocycles. The molecule has 2 aliphatic rings. The Morgan fingerprint density at radius 1 is 1.11 bits per heavy atom.